The molecule has 1 nitrogen and oxygen atoms in total. The lowest BCUT2D eigenvalue weighted by Gasteiger charge is -1.90. The fraction of sp³-hybridized carbons (Fsp3) is 0.375. The number of carbonyl (C=O) groups is 1. The standard InChI is InChI=1S/C8H8OS/c9-3-7-4-10-5-8(7)6-1-2-6/h3-6H,1-2H2. The van der Waals surface area contributed by atoms with Gasteiger partial charge in [-0.2, -0.15) is 11.3 Å². The van der Waals surface area contributed by atoms with Crippen molar-refractivity contribution >= 4 is 17.6 Å². The van der Waals surface area contributed by atoms with E-state index in [4.69, 9.17) is 0 Å². The van der Waals surface area contributed by atoms with Crippen molar-refractivity contribution in [2.24, 2.45) is 0 Å². The third-order valence-corrected chi connectivity index (χ3v) is 2.65. The Labute approximate surface area is 63.7 Å². The minimum atomic E-state index is 0.714. The van der Waals surface area contributed by atoms with Crippen molar-refractivity contribution in [3.63, 3.8) is 0 Å². The van der Waals surface area contributed by atoms with Gasteiger partial charge in [-0.3, -0.25) is 4.79 Å². The van der Waals surface area contributed by atoms with Gasteiger partial charge in [0, 0.05) is 10.9 Å². The van der Waals surface area contributed by atoms with Crippen LogP contribution in [0.4, 0.5) is 0 Å². The Morgan fingerprint density at radius 2 is 2.30 bits per heavy atom. The molecule has 0 aliphatic heterocycles. The lowest BCUT2D eigenvalue weighted by Crippen LogP contribution is -1.81. The summed E-state index contributed by atoms with van der Waals surface area (Å²) in [6.45, 7) is 0. The summed E-state index contributed by atoms with van der Waals surface area (Å²) in [6, 6.07) is 0. The van der Waals surface area contributed by atoms with E-state index < -0.39 is 0 Å². The molecule has 1 saturated carbocycles. The molecule has 0 amide bonds. The molecular formula is C8H8OS. The first-order chi connectivity index (χ1) is 4.92. The van der Waals surface area contributed by atoms with Crippen molar-refractivity contribution in [3.05, 3.63) is 21.9 Å². The molecule has 1 fully saturated rings. The molecule has 2 rings (SSSR count). The van der Waals surface area contributed by atoms with Gasteiger partial charge >= 0.3 is 0 Å². The summed E-state index contributed by atoms with van der Waals surface area (Å²) in [5.41, 5.74) is 2.19. The van der Waals surface area contributed by atoms with Crippen molar-refractivity contribution in [2.75, 3.05) is 0 Å². The molecule has 52 valence electrons. The number of hydrogen-bond acceptors (Lipinski definition) is 2. The molecule has 0 N–H and O–H groups in total. The first kappa shape index (κ1) is 6.10. The van der Waals surface area contributed by atoms with Gasteiger partial charge in [-0.1, -0.05) is 0 Å². The van der Waals surface area contributed by atoms with E-state index in [2.05, 4.69) is 5.38 Å². The second kappa shape index (κ2) is 2.20. The van der Waals surface area contributed by atoms with Crippen molar-refractivity contribution in [2.45, 2.75) is 18.8 Å². The number of aldehydes is 1. The highest BCUT2D eigenvalue weighted by Crippen LogP contribution is 2.42. The van der Waals surface area contributed by atoms with E-state index in [1.165, 1.54) is 18.4 Å². The van der Waals surface area contributed by atoms with E-state index in [-0.39, 0.29) is 0 Å². The number of carbonyl (C=O) groups excluding carboxylic acids is 1. The van der Waals surface area contributed by atoms with Gasteiger partial charge < -0.3 is 0 Å². The number of rotatable bonds is 2. The molecule has 0 spiro atoms. The average Bonchev–Trinajstić information content (AvgIpc) is 2.69. The minimum Gasteiger partial charge on any atom is -0.298 e. The van der Waals surface area contributed by atoms with Gasteiger partial charge in [-0.05, 0) is 29.7 Å². The number of thiophene rings is 1. The topological polar surface area (TPSA) is 17.1 Å². The molecule has 1 aromatic heterocycles. The quantitative estimate of drug-likeness (QED) is 0.595. The predicted octanol–water partition coefficient (Wildman–Crippen LogP) is 2.44. The highest BCUT2D eigenvalue weighted by atomic mass is 32.1. The fourth-order valence-electron chi connectivity index (χ4n) is 1.14. The zero-order chi connectivity index (χ0) is 6.97. The monoisotopic (exact) mass is 152 g/mol. The van der Waals surface area contributed by atoms with Crippen LogP contribution in [0.15, 0.2) is 10.8 Å². The van der Waals surface area contributed by atoms with E-state index in [1.54, 1.807) is 11.3 Å². The van der Waals surface area contributed by atoms with Gasteiger partial charge in [0.2, 0.25) is 0 Å². The number of hydrogen-bond donors (Lipinski definition) is 0. The normalized spacial score (nSPS) is 17.2. The van der Waals surface area contributed by atoms with E-state index in [0.29, 0.717) is 5.92 Å². The van der Waals surface area contributed by atoms with Crippen LogP contribution in [0.1, 0.15) is 34.7 Å². The summed E-state index contributed by atoms with van der Waals surface area (Å²) < 4.78 is 0. The maximum absolute atomic E-state index is 10.4. The van der Waals surface area contributed by atoms with Gasteiger partial charge in [-0.15, -0.1) is 0 Å². The Morgan fingerprint density at radius 1 is 1.50 bits per heavy atom. The smallest absolute Gasteiger partial charge is 0.151 e. The van der Waals surface area contributed by atoms with Crippen molar-refractivity contribution in [3.8, 4) is 0 Å². The maximum Gasteiger partial charge on any atom is 0.151 e. The van der Waals surface area contributed by atoms with E-state index in [9.17, 15) is 4.79 Å². The minimum absolute atomic E-state index is 0.714. The van der Waals surface area contributed by atoms with Gasteiger partial charge in [0.05, 0.1) is 0 Å². The van der Waals surface area contributed by atoms with Crippen LogP contribution in [0.5, 0.6) is 0 Å². The Bertz CT molecular complexity index is 248. The van der Waals surface area contributed by atoms with Crippen molar-refractivity contribution < 1.29 is 4.79 Å². The van der Waals surface area contributed by atoms with E-state index in [0.717, 1.165) is 11.8 Å². The molecule has 1 aliphatic rings. The molecule has 0 unspecified atom stereocenters. The summed E-state index contributed by atoms with van der Waals surface area (Å²) in [6.07, 6.45) is 3.51. The third kappa shape index (κ3) is 0.886. The van der Waals surface area contributed by atoms with Crippen LogP contribution < -0.4 is 0 Å². The van der Waals surface area contributed by atoms with Crippen LogP contribution in [-0.2, 0) is 0 Å². The average molecular weight is 152 g/mol. The molecule has 0 atom stereocenters. The molecule has 0 saturated heterocycles. The Kier molecular flexibility index (Phi) is 1.34. The van der Waals surface area contributed by atoms with Crippen LogP contribution in [0.25, 0.3) is 0 Å². The second-order valence-corrected chi connectivity index (χ2v) is 3.42. The lowest BCUT2D eigenvalue weighted by molar-refractivity contribution is 0.112. The van der Waals surface area contributed by atoms with Crippen LogP contribution >= 0.6 is 11.3 Å². The second-order valence-electron chi connectivity index (χ2n) is 2.67. The first-order valence-corrected chi connectivity index (χ1v) is 4.37. The zero-order valence-corrected chi connectivity index (χ0v) is 6.36. The third-order valence-electron chi connectivity index (χ3n) is 1.87. The van der Waals surface area contributed by atoms with Gasteiger partial charge in [0.15, 0.2) is 6.29 Å². The molecule has 0 bridgehead atoms. The summed E-state index contributed by atoms with van der Waals surface area (Å²) in [5.74, 6) is 0.714. The SMILES string of the molecule is O=Cc1cscc1C1CC1. The molecule has 10 heavy (non-hydrogen) atoms. The Balaban J connectivity index is 2.37. The molecule has 2 heteroatoms. The van der Waals surface area contributed by atoms with Crippen LogP contribution in [-0.4, -0.2) is 6.29 Å². The van der Waals surface area contributed by atoms with Crippen LogP contribution in [0.3, 0.4) is 0 Å². The Morgan fingerprint density at radius 3 is 2.90 bits per heavy atom. The van der Waals surface area contributed by atoms with E-state index >= 15 is 0 Å². The summed E-state index contributed by atoms with van der Waals surface area (Å²) in [7, 11) is 0. The maximum atomic E-state index is 10.4. The van der Waals surface area contributed by atoms with Crippen LogP contribution in [0, 0.1) is 0 Å². The highest BCUT2D eigenvalue weighted by molar-refractivity contribution is 7.08. The molecule has 1 aromatic rings. The summed E-state index contributed by atoms with van der Waals surface area (Å²) in [4.78, 5) is 10.4. The largest absolute Gasteiger partial charge is 0.298 e. The lowest BCUT2D eigenvalue weighted by atomic mass is 10.1. The summed E-state index contributed by atoms with van der Waals surface area (Å²) >= 11 is 1.63. The van der Waals surface area contributed by atoms with Crippen molar-refractivity contribution in [1.29, 1.82) is 0 Å². The van der Waals surface area contributed by atoms with Crippen LogP contribution in [0.2, 0.25) is 0 Å². The molecule has 1 aliphatic carbocycles. The summed E-state index contributed by atoms with van der Waals surface area (Å²) in [5, 5.41) is 4.03. The molecule has 0 aromatic carbocycles. The zero-order valence-electron chi connectivity index (χ0n) is 5.54. The molecule has 1 heterocycles. The van der Waals surface area contributed by atoms with Gasteiger partial charge in [0.25, 0.3) is 0 Å². The first-order valence-electron chi connectivity index (χ1n) is 3.43. The van der Waals surface area contributed by atoms with Gasteiger partial charge in [-0.25, -0.2) is 0 Å². The Hall–Kier alpha value is -0.630. The fourth-order valence-corrected chi connectivity index (χ4v) is 2.02. The molecular weight excluding hydrogens is 144 g/mol. The van der Waals surface area contributed by atoms with Gasteiger partial charge in [0.1, 0.15) is 0 Å². The highest BCUT2D eigenvalue weighted by Gasteiger charge is 2.26. The van der Waals surface area contributed by atoms with Crippen molar-refractivity contribution in [1.82, 2.24) is 0 Å². The predicted molar refractivity (Wildman–Crippen MR) is 41.7 cm³/mol. The van der Waals surface area contributed by atoms with E-state index in [1.807, 2.05) is 5.38 Å². The molecule has 0 radical (unpaired) electrons.